The van der Waals surface area contributed by atoms with Gasteiger partial charge < -0.3 is 5.32 Å². The number of nitriles is 1. The molecule has 0 aliphatic heterocycles. The van der Waals surface area contributed by atoms with Crippen LogP contribution in [0.15, 0.2) is 49.1 Å². The molecule has 1 aliphatic carbocycles. The van der Waals surface area contributed by atoms with Gasteiger partial charge in [-0.25, -0.2) is 4.68 Å². The largest absolute Gasteiger partial charge is 0.377 e. The molecular weight excluding hydrogens is 350 g/mol. The van der Waals surface area contributed by atoms with Gasteiger partial charge in [-0.15, -0.1) is 0 Å². The fourth-order valence-corrected chi connectivity index (χ4v) is 3.90. The summed E-state index contributed by atoms with van der Waals surface area (Å²) in [4.78, 5) is 4.57. The fraction of sp³-hybridized carbons (Fsp3) is 0.238. The Morgan fingerprint density at radius 2 is 2.11 bits per heavy atom. The number of fused-ring (bicyclic) bond motifs is 2. The maximum absolute atomic E-state index is 9.12. The van der Waals surface area contributed by atoms with Crippen LogP contribution in [-0.4, -0.2) is 24.5 Å². The van der Waals surface area contributed by atoms with E-state index < -0.39 is 0 Å². The molecule has 3 heterocycles. The summed E-state index contributed by atoms with van der Waals surface area (Å²) in [5.41, 5.74) is 5.84. The molecule has 28 heavy (non-hydrogen) atoms. The van der Waals surface area contributed by atoms with Crippen LogP contribution in [0.25, 0.3) is 16.6 Å². The second-order valence-electron chi connectivity index (χ2n) is 7.17. The summed E-state index contributed by atoms with van der Waals surface area (Å²) in [6.07, 6.45) is 10.4. The second-order valence-corrected chi connectivity index (χ2v) is 7.17. The van der Waals surface area contributed by atoms with Crippen molar-refractivity contribution < 1.29 is 0 Å². The van der Waals surface area contributed by atoms with E-state index in [4.69, 9.17) is 5.26 Å². The summed E-state index contributed by atoms with van der Waals surface area (Å²) < 4.78 is 3.67. The van der Waals surface area contributed by atoms with Gasteiger partial charge in [0, 0.05) is 24.3 Å². The van der Waals surface area contributed by atoms with Crippen LogP contribution in [0.1, 0.15) is 35.7 Å². The van der Waals surface area contributed by atoms with Gasteiger partial charge in [0.1, 0.15) is 11.8 Å². The number of anilines is 1. The van der Waals surface area contributed by atoms with Crippen LogP contribution < -0.4 is 5.32 Å². The van der Waals surface area contributed by atoms with Crippen LogP contribution in [0.4, 0.5) is 5.69 Å². The van der Waals surface area contributed by atoms with Gasteiger partial charge in [-0.05, 0) is 49.1 Å². The Labute approximate surface area is 162 Å². The quantitative estimate of drug-likeness (QED) is 0.597. The first-order chi connectivity index (χ1) is 13.7. The van der Waals surface area contributed by atoms with Crippen LogP contribution in [0.3, 0.4) is 0 Å². The minimum atomic E-state index is 0.142. The van der Waals surface area contributed by atoms with Crippen molar-refractivity contribution in [3.63, 3.8) is 0 Å². The standard InChI is InChI=1S/C21H19N7/c1-27-13-18(12-24-27)28-20-8-17(6-5-16(20)11-25-28)26-19-4-2-3-15-7-14(9-22)10-23-21(15)19/h5-8,10-13,19,26H,2-4H2,1H3. The maximum atomic E-state index is 9.12. The lowest BCUT2D eigenvalue weighted by atomic mass is 9.91. The molecule has 0 spiro atoms. The second kappa shape index (κ2) is 6.50. The van der Waals surface area contributed by atoms with Crippen molar-refractivity contribution in [3.05, 3.63) is 65.9 Å². The molecule has 0 saturated carbocycles. The van der Waals surface area contributed by atoms with E-state index in [-0.39, 0.29) is 6.04 Å². The third-order valence-corrected chi connectivity index (χ3v) is 5.25. The average Bonchev–Trinajstić information content (AvgIpc) is 3.33. The lowest BCUT2D eigenvalue weighted by molar-refractivity contribution is 0.583. The summed E-state index contributed by atoms with van der Waals surface area (Å²) in [5.74, 6) is 0. The topological polar surface area (TPSA) is 84.4 Å². The molecule has 1 unspecified atom stereocenters. The van der Waals surface area contributed by atoms with Crippen molar-refractivity contribution in [2.75, 3.05) is 5.32 Å². The highest BCUT2D eigenvalue weighted by atomic mass is 15.3. The first-order valence-electron chi connectivity index (χ1n) is 9.33. The van der Waals surface area contributed by atoms with Crippen LogP contribution in [0.5, 0.6) is 0 Å². The van der Waals surface area contributed by atoms with Gasteiger partial charge in [0.2, 0.25) is 0 Å². The molecule has 4 aromatic rings. The Balaban J connectivity index is 1.49. The zero-order valence-electron chi connectivity index (χ0n) is 15.5. The summed E-state index contributed by atoms with van der Waals surface area (Å²) in [6, 6.07) is 10.6. The number of hydrogen-bond donors (Lipinski definition) is 1. The molecule has 0 saturated heterocycles. The van der Waals surface area contributed by atoms with Crippen molar-refractivity contribution in [1.29, 1.82) is 5.26 Å². The van der Waals surface area contributed by atoms with Gasteiger partial charge in [-0.2, -0.15) is 15.5 Å². The Morgan fingerprint density at radius 1 is 1.18 bits per heavy atom. The molecule has 1 atom stereocenters. The van der Waals surface area contributed by atoms with E-state index in [1.54, 1.807) is 17.1 Å². The highest BCUT2D eigenvalue weighted by Gasteiger charge is 2.22. The third kappa shape index (κ3) is 2.79. The molecule has 0 radical (unpaired) electrons. The number of pyridine rings is 1. The number of hydrogen-bond acceptors (Lipinski definition) is 5. The monoisotopic (exact) mass is 369 g/mol. The predicted octanol–water partition coefficient (Wildman–Crippen LogP) is 3.52. The Morgan fingerprint density at radius 3 is 2.93 bits per heavy atom. The van der Waals surface area contributed by atoms with Crippen LogP contribution in [-0.2, 0) is 13.5 Å². The van der Waals surface area contributed by atoms with Gasteiger partial charge in [0.25, 0.3) is 0 Å². The molecule has 1 aliphatic rings. The highest BCUT2D eigenvalue weighted by Crippen LogP contribution is 2.32. The zero-order valence-corrected chi connectivity index (χ0v) is 15.5. The van der Waals surface area contributed by atoms with Crippen molar-refractivity contribution in [3.8, 4) is 11.8 Å². The van der Waals surface area contributed by atoms with Crippen LogP contribution >= 0.6 is 0 Å². The van der Waals surface area contributed by atoms with E-state index in [1.165, 1.54) is 5.56 Å². The van der Waals surface area contributed by atoms with E-state index in [0.29, 0.717) is 5.56 Å². The van der Waals surface area contributed by atoms with Crippen molar-refractivity contribution in [2.24, 2.45) is 7.05 Å². The normalized spacial score (nSPS) is 15.9. The zero-order chi connectivity index (χ0) is 19.1. The first kappa shape index (κ1) is 16.5. The van der Waals surface area contributed by atoms with Gasteiger partial charge in [0.15, 0.2) is 0 Å². The number of nitrogens with zero attached hydrogens (tertiary/aromatic N) is 6. The minimum Gasteiger partial charge on any atom is -0.377 e. The van der Waals surface area contributed by atoms with E-state index in [1.807, 2.05) is 30.2 Å². The minimum absolute atomic E-state index is 0.142. The van der Waals surface area contributed by atoms with Gasteiger partial charge in [-0.1, -0.05) is 0 Å². The number of aryl methyl sites for hydroxylation is 2. The summed E-state index contributed by atoms with van der Waals surface area (Å²) in [6.45, 7) is 0. The van der Waals surface area contributed by atoms with Crippen molar-refractivity contribution in [2.45, 2.75) is 25.3 Å². The van der Waals surface area contributed by atoms with Crippen molar-refractivity contribution >= 4 is 16.6 Å². The van der Waals surface area contributed by atoms with Gasteiger partial charge in [-0.3, -0.25) is 9.67 Å². The first-order valence-corrected chi connectivity index (χ1v) is 9.33. The lowest BCUT2D eigenvalue weighted by Crippen LogP contribution is -2.19. The van der Waals surface area contributed by atoms with Crippen LogP contribution in [0.2, 0.25) is 0 Å². The van der Waals surface area contributed by atoms with E-state index in [2.05, 4.69) is 44.8 Å². The molecule has 3 aromatic heterocycles. The number of aromatic nitrogens is 5. The predicted molar refractivity (Wildman–Crippen MR) is 106 cm³/mol. The van der Waals surface area contributed by atoms with E-state index >= 15 is 0 Å². The SMILES string of the molecule is Cn1cc(-n2ncc3ccc(NC4CCCc5cc(C#N)cnc54)cc32)cn1. The smallest absolute Gasteiger partial charge is 0.103 e. The summed E-state index contributed by atoms with van der Waals surface area (Å²) >= 11 is 0. The Bertz CT molecular complexity index is 1210. The highest BCUT2D eigenvalue weighted by molar-refractivity contribution is 5.83. The number of nitrogens with one attached hydrogen (secondary N) is 1. The van der Waals surface area contributed by atoms with Crippen LogP contribution in [0, 0.1) is 11.3 Å². The molecular formula is C21H19N7. The average molecular weight is 369 g/mol. The Hall–Kier alpha value is -3.66. The molecule has 1 aromatic carbocycles. The lowest BCUT2D eigenvalue weighted by Gasteiger charge is -2.26. The molecule has 7 nitrogen and oxygen atoms in total. The molecule has 138 valence electrons. The van der Waals surface area contributed by atoms with Gasteiger partial charge in [0.05, 0.1) is 41.4 Å². The summed E-state index contributed by atoms with van der Waals surface area (Å²) in [5, 5.41) is 22.6. The molecule has 5 rings (SSSR count). The fourth-order valence-electron chi connectivity index (χ4n) is 3.90. The van der Waals surface area contributed by atoms with E-state index in [9.17, 15) is 0 Å². The number of benzene rings is 1. The molecule has 0 bridgehead atoms. The third-order valence-electron chi connectivity index (χ3n) is 5.25. The maximum Gasteiger partial charge on any atom is 0.103 e. The van der Waals surface area contributed by atoms with Crippen molar-refractivity contribution in [1.82, 2.24) is 24.5 Å². The summed E-state index contributed by atoms with van der Waals surface area (Å²) in [7, 11) is 1.90. The Kier molecular flexibility index (Phi) is 3.83. The molecule has 1 N–H and O–H groups in total. The number of rotatable bonds is 3. The molecule has 0 amide bonds. The molecule has 0 fully saturated rings. The van der Waals surface area contributed by atoms with Gasteiger partial charge >= 0.3 is 0 Å². The molecule has 7 heteroatoms. The van der Waals surface area contributed by atoms with E-state index in [0.717, 1.165) is 47.2 Å².